The fraction of sp³-hybridized carbons (Fsp3) is 0.393. The molecular formula is C28H34O7. The lowest BCUT2D eigenvalue weighted by molar-refractivity contribution is -0.116. The van der Waals surface area contributed by atoms with Crippen molar-refractivity contribution in [3.05, 3.63) is 52.6 Å². The molecule has 0 radical (unpaired) electrons. The Bertz CT molecular complexity index is 1150. The molecule has 0 saturated carbocycles. The number of carbonyl (C=O) groups excluding carboxylic acids is 1. The molecule has 3 rings (SSSR count). The molecule has 0 bridgehead atoms. The minimum Gasteiger partial charge on any atom is -0.496 e. The number of allylic oxidation sites excluding steroid dienone is 3. The van der Waals surface area contributed by atoms with Crippen molar-refractivity contribution in [2.75, 3.05) is 42.7 Å². The summed E-state index contributed by atoms with van der Waals surface area (Å²) in [5.41, 5.74) is 3.44. The van der Waals surface area contributed by atoms with E-state index in [1.165, 1.54) is 0 Å². The van der Waals surface area contributed by atoms with Gasteiger partial charge in [0, 0.05) is 35.6 Å². The predicted octanol–water partition coefficient (Wildman–Crippen LogP) is 5.46. The molecule has 0 saturated heterocycles. The van der Waals surface area contributed by atoms with E-state index in [0.29, 0.717) is 40.9 Å². The van der Waals surface area contributed by atoms with Crippen LogP contribution in [0.25, 0.3) is 6.08 Å². The van der Waals surface area contributed by atoms with Gasteiger partial charge in [-0.3, -0.25) is 4.79 Å². The Morgan fingerprint density at radius 3 is 1.71 bits per heavy atom. The van der Waals surface area contributed by atoms with Gasteiger partial charge in [-0.05, 0) is 36.1 Å². The molecule has 0 amide bonds. The Morgan fingerprint density at radius 1 is 0.686 bits per heavy atom. The number of ketones is 1. The molecule has 2 atom stereocenters. The summed E-state index contributed by atoms with van der Waals surface area (Å²) in [7, 11) is 9.58. The molecule has 7 nitrogen and oxygen atoms in total. The number of Topliss-reactive ketones (excluding diaryl/α,β-unsaturated/α-hetero) is 1. The average molecular weight is 483 g/mol. The number of benzene rings is 2. The van der Waals surface area contributed by atoms with E-state index >= 15 is 0 Å². The topological polar surface area (TPSA) is 72.5 Å². The van der Waals surface area contributed by atoms with Gasteiger partial charge in [-0.2, -0.15) is 0 Å². The Balaban J connectivity index is 2.05. The van der Waals surface area contributed by atoms with Crippen molar-refractivity contribution in [2.24, 2.45) is 5.92 Å². The van der Waals surface area contributed by atoms with E-state index in [2.05, 4.69) is 6.92 Å². The van der Waals surface area contributed by atoms with E-state index in [1.54, 1.807) is 54.8 Å². The number of methoxy groups -OCH3 is 6. The number of rotatable bonds is 9. The van der Waals surface area contributed by atoms with E-state index in [0.717, 1.165) is 22.3 Å². The van der Waals surface area contributed by atoms with Crippen molar-refractivity contribution < 1.29 is 33.2 Å². The summed E-state index contributed by atoms with van der Waals surface area (Å²) in [4.78, 5) is 13.1. The van der Waals surface area contributed by atoms with Gasteiger partial charge < -0.3 is 28.4 Å². The van der Waals surface area contributed by atoms with Crippen LogP contribution < -0.4 is 28.4 Å². The van der Waals surface area contributed by atoms with Gasteiger partial charge in [0.05, 0.1) is 42.7 Å². The summed E-state index contributed by atoms with van der Waals surface area (Å²) in [6.07, 6.45) is 4.31. The number of carbonyl (C=O) groups is 1. The van der Waals surface area contributed by atoms with Crippen LogP contribution in [-0.2, 0) is 4.79 Å². The quantitative estimate of drug-likeness (QED) is 0.470. The summed E-state index contributed by atoms with van der Waals surface area (Å²) >= 11 is 0. The monoisotopic (exact) mass is 482 g/mol. The molecule has 0 spiro atoms. The van der Waals surface area contributed by atoms with Crippen molar-refractivity contribution in [1.82, 2.24) is 0 Å². The Morgan fingerprint density at radius 2 is 1.17 bits per heavy atom. The van der Waals surface area contributed by atoms with Crippen LogP contribution in [0.5, 0.6) is 34.5 Å². The maximum Gasteiger partial charge on any atom is 0.164 e. The van der Waals surface area contributed by atoms with Crippen molar-refractivity contribution in [2.45, 2.75) is 26.2 Å². The van der Waals surface area contributed by atoms with E-state index in [4.69, 9.17) is 28.4 Å². The van der Waals surface area contributed by atoms with E-state index in [1.807, 2.05) is 31.2 Å². The van der Waals surface area contributed by atoms with Crippen LogP contribution in [0.15, 0.2) is 41.5 Å². The van der Waals surface area contributed by atoms with E-state index < -0.39 is 0 Å². The molecule has 0 aromatic heterocycles. The largest absolute Gasteiger partial charge is 0.496 e. The second-order valence-corrected chi connectivity index (χ2v) is 8.33. The second kappa shape index (κ2) is 11.2. The van der Waals surface area contributed by atoms with E-state index in [-0.39, 0.29) is 17.6 Å². The molecular weight excluding hydrogens is 448 g/mol. The van der Waals surface area contributed by atoms with Crippen molar-refractivity contribution >= 4 is 11.9 Å². The molecule has 0 heterocycles. The maximum atomic E-state index is 13.1. The number of hydrogen-bond acceptors (Lipinski definition) is 7. The van der Waals surface area contributed by atoms with Gasteiger partial charge >= 0.3 is 0 Å². The van der Waals surface area contributed by atoms with Crippen LogP contribution in [0.2, 0.25) is 0 Å². The fourth-order valence-electron chi connectivity index (χ4n) is 4.61. The highest BCUT2D eigenvalue weighted by atomic mass is 16.5. The number of hydrogen-bond donors (Lipinski definition) is 0. The summed E-state index contributed by atoms with van der Waals surface area (Å²) < 4.78 is 33.0. The first-order valence-corrected chi connectivity index (χ1v) is 11.3. The first kappa shape index (κ1) is 26.0. The lowest BCUT2D eigenvalue weighted by Gasteiger charge is -2.32. The summed E-state index contributed by atoms with van der Waals surface area (Å²) in [6, 6.07) is 7.35. The zero-order valence-electron chi connectivity index (χ0n) is 21.7. The third-order valence-electron chi connectivity index (χ3n) is 6.66. The van der Waals surface area contributed by atoms with Crippen LogP contribution in [0.3, 0.4) is 0 Å². The van der Waals surface area contributed by atoms with Crippen molar-refractivity contribution in [3.8, 4) is 34.5 Å². The van der Waals surface area contributed by atoms with Gasteiger partial charge in [-0.15, -0.1) is 0 Å². The first-order chi connectivity index (χ1) is 16.8. The zero-order valence-corrected chi connectivity index (χ0v) is 21.7. The highest BCUT2D eigenvalue weighted by molar-refractivity contribution is 5.98. The van der Waals surface area contributed by atoms with Gasteiger partial charge in [0.1, 0.15) is 11.5 Å². The standard InChI is InChI=1S/C28H34O7/c1-16-19(10-9-18-11-25(32-5)27(34-7)14-23(18)30-3)17(2)22(29)12-20(16)21-13-26(33-6)28(35-8)15-24(21)31-4/h9-11,13-16,20H,12H2,1-8H3. The van der Waals surface area contributed by atoms with Crippen LogP contribution >= 0.6 is 0 Å². The lowest BCUT2D eigenvalue weighted by atomic mass is 9.72. The summed E-state index contributed by atoms with van der Waals surface area (Å²) in [5, 5.41) is 0. The Hall–Kier alpha value is -3.61. The molecule has 35 heavy (non-hydrogen) atoms. The molecule has 2 aromatic rings. The maximum absolute atomic E-state index is 13.1. The summed E-state index contributed by atoms with van der Waals surface area (Å²) in [6.45, 7) is 4.01. The highest BCUT2D eigenvalue weighted by Gasteiger charge is 2.34. The molecule has 188 valence electrons. The zero-order chi connectivity index (χ0) is 25.7. The van der Waals surface area contributed by atoms with Crippen LogP contribution in [0.4, 0.5) is 0 Å². The van der Waals surface area contributed by atoms with Crippen LogP contribution in [0, 0.1) is 5.92 Å². The predicted molar refractivity (Wildman–Crippen MR) is 135 cm³/mol. The van der Waals surface area contributed by atoms with E-state index in [9.17, 15) is 4.79 Å². The molecule has 0 fully saturated rings. The minimum atomic E-state index is -0.0899. The molecule has 2 aromatic carbocycles. The molecule has 7 heteroatoms. The number of ether oxygens (including phenoxy) is 6. The van der Waals surface area contributed by atoms with Gasteiger partial charge in [-0.1, -0.05) is 19.1 Å². The Labute approximate surface area is 207 Å². The van der Waals surface area contributed by atoms with Gasteiger partial charge in [0.15, 0.2) is 28.8 Å². The van der Waals surface area contributed by atoms with Crippen molar-refractivity contribution in [3.63, 3.8) is 0 Å². The molecule has 0 aliphatic heterocycles. The average Bonchev–Trinajstić information content (AvgIpc) is 2.89. The van der Waals surface area contributed by atoms with Gasteiger partial charge in [0.25, 0.3) is 0 Å². The lowest BCUT2D eigenvalue weighted by Crippen LogP contribution is -2.24. The van der Waals surface area contributed by atoms with Crippen molar-refractivity contribution in [1.29, 1.82) is 0 Å². The fourth-order valence-corrected chi connectivity index (χ4v) is 4.61. The third-order valence-corrected chi connectivity index (χ3v) is 6.66. The van der Waals surface area contributed by atoms with Crippen LogP contribution in [-0.4, -0.2) is 48.4 Å². The van der Waals surface area contributed by atoms with Gasteiger partial charge in [0.2, 0.25) is 0 Å². The SMILES string of the molecule is COc1cc(OC)c(OC)cc1C=CC1=C(C)C(=O)CC(c2cc(OC)c(OC)cc2OC)C1C. The molecule has 0 N–H and O–H groups in total. The van der Waals surface area contributed by atoms with Gasteiger partial charge in [-0.25, -0.2) is 0 Å². The molecule has 1 aliphatic carbocycles. The van der Waals surface area contributed by atoms with Crippen LogP contribution in [0.1, 0.15) is 37.3 Å². The highest BCUT2D eigenvalue weighted by Crippen LogP contribution is 2.47. The Kier molecular flexibility index (Phi) is 8.33. The first-order valence-electron chi connectivity index (χ1n) is 11.3. The third kappa shape index (κ3) is 5.09. The minimum absolute atomic E-state index is 0.0436. The molecule has 2 unspecified atom stereocenters. The normalized spacial score (nSPS) is 18.0. The summed E-state index contributed by atoms with van der Waals surface area (Å²) in [5.74, 6) is 3.72. The smallest absolute Gasteiger partial charge is 0.164 e. The second-order valence-electron chi connectivity index (χ2n) is 8.33. The molecule has 1 aliphatic rings.